The maximum Gasteiger partial charge on any atom is 0.237 e. The van der Waals surface area contributed by atoms with E-state index in [-0.39, 0.29) is 0 Å². The molecule has 0 bridgehead atoms. The van der Waals surface area contributed by atoms with E-state index in [0.29, 0.717) is 29.2 Å². The summed E-state index contributed by atoms with van der Waals surface area (Å²) in [6, 6.07) is 7.21. The van der Waals surface area contributed by atoms with Crippen molar-refractivity contribution in [3.05, 3.63) is 46.8 Å². The first-order valence-corrected chi connectivity index (χ1v) is 9.58. The normalized spacial score (nSPS) is 11.3. The molecule has 2 heterocycles. The second-order valence-corrected chi connectivity index (χ2v) is 7.57. The SMILES string of the molecule is CC(C)Cc1noc(CSc2nnc(COc3ccc(Cl)cc3)n2C)n1. The molecule has 9 heteroatoms. The van der Waals surface area contributed by atoms with Crippen LogP contribution in [0.15, 0.2) is 33.9 Å². The van der Waals surface area contributed by atoms with E-state index in [1.165, 1.54) is 11.8 Å². The Kier molecular flexibility index (Phi) is 6.16. The molecule has 0 spiro atoms. The fourth-order valence-corrected chi connectivity index (χ4v) is 3.09. The smallest absolute Gasteiger partial charge is 0.237 e. The van der Waals surface area contributed by atoms with Crippen molar-refractivity contribution < 1.29 is 9.26 Å². The van der Waals surface area contributed by atoms with Gasteiger partial charge in [0.05, 0.1) is 5.75 Å². The van der Waals surface area contributed by atoms with Crippen molar-refractivity contribution in [1.29, 1.82) is 0 Å². The van der Waals surface area contributed by atoms with Crippen molar-refractivity contribution in [3.63, 3.8) is 0 Å². The molecule has 0 unspecified atom stereocenters. The van der Waals surface area contributed by atoms with Crippen LogP contribution in [0.5, 0.6) is 5.75 Å². The number of rotatable bonds is 8. The van der Waals surface area contributed by atoms with Gasteiger partial charge >= 0.3 is 0 Å². The largest absolute Gasteiger partial charge is 0.486 e. The Labute approximate surface area is 161 Å². The van der Waals surface area contributed by atoms with Gasteiger partial charge in [-0.2, -0.15) is 4.98 Å². The first-order valence-electron chi connectivity index (χ1n) is 8.22. The summed E-state index contributed by atoms with van der Waals surface area (Å²) in [4.78, 5) is 4.39. The van der Waals surface area contributed by atoms with Gasteiger partial charge in [0.15, 0.2) is 16.8 Å². The number of nitrogens with zero attached hydrogens (tertiary/aromatic N) is 5. The number of aromatic nitrogens is 5. The molecule has 0 atom stereocenters. The van der Waals surface area contributed by atoms with Gasteiger partial charge in [-0.1, -0.05) is 42.4 Å². The van der Waals surface area contributed by atoms with Gasteiger partial charge < -0.3 is 13.8 Å². The maximum atomic E-state index is 5.87. The highest BCUT2D eigenvalue weighted by Gasteiger charge is 2.13. The molecule has 0 N–H and O–H groups in total. The molecule has 3 rings (SSSR count). The molecule has 138 valence electrons. The van der Waals surface area contributed by atoms with Crippen LogP contribution in [-0.4, -0.2) is 24.9 Å². The second kappa shape index (κ2) is 8.55. The molecule has 0 amide bonds. The summed E-state index contributed by atoms with van der Waals surface area (Å²) in [5, 5.41) is 13.8. The minimum atomic E-state index is 0.324. The zero-order valence-corrected chi connectivity index (χ0v) is 16.4. The fraction of sp³-hybridized carbons (Fsp3) is 0.412. The van der Waals surface area contributed by atoms with Crippen molar-refractivity contribution in [2.24, 2.45) is 13.0 Å². The molecule has 0 radical (unpaired) electrons. The van der Waals surface area contributed by atoms with Crippen molar-refractivity contribution in [2.75, 3.05) is 0 Å². The summed E-state index contributed by atoms with van der Waals surface area (Å²) < 4.78 is 12.9. The summed E-state index contributed by atoms with van der Waals surface area (Å²) in [7, 11) is 1.90. The topological polar surface area (TPSA) is 78.9 Å². The highest BCUT2D eigenvalue weighted by molar-refractivity contribution is 7.98. The third-order valence-corrected chi connectivity index (χ3v) is 4.79. The average Bonchev–Trinajstić information content (AvgIpc) is 3.19. The fourth-order valence-electron chi connectivity index (χ4n) is 2.20. The molecule has 0 aliphatic heterocycles. The summed E-state index contributed by atoms with van der Waals surface area (Å²) in [5.74, 6) is 3.84. The van der Waals surface area contributed by atoms with Crippen LogP contribution in [0.1, 0.15) is 31.4 Å². The molecule has 0 aliphatic rings. The zero-order chi connectivity index (χ0) is 18.5. The van der Waals surface area contributed by atoms with Gasteiger partial charge in [-0.05, 0) is 30.2 Å². The van der Waals surface area contributed by atoms with Gasteiger partial charge in [0.25, 0.3) is 0 Å². The highest BCUT2D eigenvalue weighted by Crippen LogP contribution is 2.22. The molecule has 0 saturated heterocycles. The lowest BCUT2D eigenvalue weighted by Gasteiger charge is -2.06. The summed E-state index contributed by atoms with van der Waals surface area (Å²) >= 11 is 7.36. The van der Waals surface area contributed by atoms with Crippen LogP contribution in [0.4, 0.5) is 0 Å². The Bertz CT molecular complexity index is 847. The minimum absolute atomic E-state index is 0.324. The molecule has 0 fully saturated rings. The lowest BCUT2D eigenvalue weighted by atomic mass is 10.1. The van der Waals surface area contributed by atoms with E-state index in [9.17, 15) is 0 Å². The third kappa shape index (κ3) is 4.98. The molecule has 3 aromatic rings. The van der Waals surface area contributed by atoms with Crippen molar-refractivity contribution in [3.8, 4) is 5.75 Å². The van der Waals surface area contributed by atoms with Crippen LogP contribution in [-0.2, 0) is 25.8 Å². The number of halogens is 1. The van der Waals surface area contributed by atoms with E-state index in [4.69, 9.17) is 20.9 Å². The lowest BCUT2D eigenvalue weighted by molar-refractivity contribution is 0.290. The molecular formula is C17H20ClN5O2S. The average molecular weight is 394 g/mol. The Morgan fingerprint density at radius 3 is 2.73 bits per heavy atom. The second-order valence-electron chi connectivity index (χ2n) is 6.19. The van der Waals surface area contributed by atoms with Gasteiger partial charge in [0.1, 0.15) is 12.4 Å². The lowest BCUT2D eigenvalue weighted by Crippen LogP contribution is -2.04. The van der Waals surface area contributed by atoms with Crippen molar-refractivity contribution in [1.82, 2.24) is 24.9 Å². The van der Waals surface area contributed by atoms with Crippen LogP contribution in [0.2, 0.25) is 5.02 Å². The number of benzene rings is 1. The van der Waals surface area contributed by atoms with Crippen molar-refractivity contribution >= 4 is 23.4 Å². The Morgan fingerprint density at radius 2 is 2.00 bits per heavy atom. The molecule has 26 heavy (non-hydrogen) atoms. The Morgan fingerprint density at radius 1 is 1.23 bits per heavy atom. The number of ether oxygens (including phenoxy) is 1. The molecule has 0 saturated carbocycles. The number of hydrogen-bond donors (Lipinski definition) is 0. The molecule has 0 aliphatic carbocycles. The molecule has 1 aromatic carbocycles. The first-order chi connectivity index (χ1) is 12.5. The quantitative estimate of drug-likeness (QED) is 0.536. The highest BCUT2D eigenvalue weighted by atomic mass is 35.5. The zero-order valence-electron chi connectivity index (χ0n) is 14.8. The third-order valence-electron chi connectivity index (χ3n) is 3.53. The number of hydrogen-bond acceptors (Lipinski definition) is 7. The van der Waals surface area contributed by atoms with Gasteiger partial charge in [-0.15, -0.1) is 10.2 Å². The van der Waals surface area contributed by atoms with E-state index in [1.807, 2.05) is 23.7 Å². The van der Waals surface area contributed by atoms with Crippen LogP contribution in [0, 0.1) is 5.92 Å². The van der Waals surface area contributed by atoms with E-state index >= 15 is 0 Å². The predicted octanol–water partition coefficient (Wildman–Crippen LogP) is 3.92. The summed E-state index contributed by atoms with van der Waals surface area (Å²) in [5.41, 5.74) is 0. The Hall–Kier alpha value is -2.06. The summed E-state index contributed by atoms with van der Waals surface area (Å²) in [6.45, 7) is 4.57. The predicted molar refractivity (Wildman–Crippen MR) is 99.2 cm³/mol. The molecule has 2 aromatic heterocycles. The maximum absolute atomic E-state index is 5.87. The van der Waals surface area contributed by atoms with E-state index in [0.717, 1.165) is 29.0 Å². The first kappa shape index (κ1) is 18.7. The van der Waals surface area contributed by atoms with Gasteiger partial charge in [0.2, 0.25) is 5.89 Å². The van der Waals surface area contributed by atoms with Crippen LogP contribution in [0.3, 0.4) is 0 Å². The van der Waals surface area contributed by atoms with Crippen LogP contribution < -0.4 is 4.74 Å². The molecular weight excluding hydrogens is 374 g/mol. The van der Waals surface area contributed by atoms with Crippen LogP contribution in [0.25, 0.3) is 0 Å². The van der Waals surface area contributed by atoms with E-state index < -0.39 is 0 Å². The van der Waals surface area contributed by atoms with E-state index in [1.54, 1.807) is 12.1 Å². The van der Waals surface area contributed by atoms with E-state index in [2.05, 4.69) is 34.2 Å². The standard InChI is InChI=1S/C17H20ClN5O2S/c1-11(2)8-14-19-16(25-22-14)10-26-17-21-20-15(23(17)3)9-24-13-6-4-12(18)5-7-13/h4-7,11H,8-10H2,1-3H3. The Balaban J connectivity index is 1.55. The van der Waals surface area contributed by atoms with Crippen LogP contribution >= 0.6 is 23.4 Å². The molecule has 7 nitrogen and oxygen atoms in total. The summed E-state index contributed by atoms with van der Waals surface area (Å²) in [6.07, 6.45) is 0.810. The number of thioether (sulfide) groups is 1. The minimum Gasteiger partial charge on any atom is -0.486 e. The monoisotopic (exact) mass is 393 g/mol. The van der Waals surface area contributed by atoms with Gasteiger partial charge in [-0.3, -0.25) is 0 Å². The van der Waals surface area contributed by atoms with Crippen molar-refractivity contribution in [2.45, 2.75) is 37.8 Å². The van der Waals surface area contributed by atoms with Gasteiger partial charge in [0, 0.05) is 18.5 Å². The van der Waals surface area contributed by atoms with Gasteiger partial charge in [-0.25, -0.2) is 0 Å².